The second-order valence-electron chi connectivity index (χ2n) is 6.29. The first-order chi connectivity index (χ1) is 11.3. The van der Waals surface area contributed by atoms with E-state index in [-0.39, 0.29) is 5.92 Å². The molecule has 0 saturated heterocycles. The van der Waals surface area contributed by atoms with Gasteiger partial charge in [0, 0.05) is 36.1 Å². The number of imidazole rings is 1. The van der Waals surface area contributed by atoms with E-state index in [9.17, 15) is 5.26 Å². The molecule has 0 N–H and O–H groups in total. The lowest BCUT2D eigenvalue weighted by molar-refractivity contribution is 0.353. The van der Waals surface area contributed by atoms with Crippen LogP contribution in [0.5, 0.6) is 0 Å². The Morgan fingerprint density at radius 3 is 2.91 bits per heavy atom. The summed E-state index contributed by atoms with van der Waals surface area (Å²) in [5.41, 5.74) is 2.59. The van der Waals surface area contributed by atoms with Crippen molar-refractivity contribution in [3.63, 3.8) is 0 Å². The van der Waals surface area contributed by atoms with Crippen LogP contribution in [-0.2, 0) is 6.42 Å². The van der Waals surface area contributed by atoms with Gasteiger partial charge in [0.25, 0.3) is 0 Å². The van der Waals surface area contributed by atoms with Crippen molar-refractivity contribution >= 4 is 0 Å². The Morgan fingerprint density at radius 2 is 2.22 bits per heavy atom. The largest absolute Gasteiger partial charge is 0.334 e. The Balaban J connectivity index is 1.81. The van der Waals surface area contributed by atoms with Gasteiger partial charge in [0.15, 0.2) is 0 Å². The maximum absolute atomic E-state index is 9.30. The van der Waals surface area contributed by atoms with E-state index in [4.69, 9.17) is 0 Å². The van der Waals surface area contributed by atoms with E-state index < -0.39 is 0 Å². The molecule has 2 heterocycles. The van der Waals surface area contributed by atoms with Gasteiger partial charge in [-0.05, 0) is 30.9 Å². The van der Waals surface area contributed by atoms with Crippen LogP contribution in [0.4, 0.5) is 0 Å². The number of nitriles is 1. The van der Waals surface area contributed by atoms with Gasteiger partial charge in [-0.15, -0.1) is 0 Å². The molecule has 0 aromatic carbocycles. The molecule has 0 radical (unpaired) electrons. The average molecular weight is 306 g/mol. The van der Waals surface area contributed by atoms with E-state index in [0.717, 1.165) is 11.3 Å². The number of hydrogen-bond donors (Lipinski definition) is 0. The van der Waals surface area contributed by atoms with Crippen molar-refractivity contribution in [3.05, 3.63) is 60.5 Å². The van der Waals surface area contributed by atoms with Crippen LogP contribution in [0.15, 0.2) is 49.2 Å². The standard InChI is InChI=1S/C19H22N4/c1-15(11-20)18(10-16-6-5-9-21-12-16)19-13-23(14-22-19)17-7-3-2-4-8-17/h5-6,9,12-14,17-18H,1-4,7-8,10H2/t18-/m0/s1. The fourth-order valence-electron chi connectivity index (χ4n) is 3.35. The third kappa shape index (κ3) is 3.68. The zero-order chi connectivity index (χ0) is 16.1. The number of pyridine rings is 1. The molecule has 0 unspecified atom stereocenters. The van der Waals surface area contributed by atoms with Crippen molar-refractivity contribution in [1.82, 2.24) is 14.5 Å². The molecule has 2 aromatic heterocycles. The maximum atomic E-state index is 9.30. The highest BCUT2D eigenvalue weighted by Gasteiger charge is 2.21. The summed E-state index contributed by atoms with van der Waals surface area (Å²) >= 11 is 0. The molecule has 1 aliphatic rings. The molecule has 0 bridgehead atoms. The van der Waals surface area contributed by atoms with Gasteiger partial charge in [0.2, 0.25) is 0 Å². The van der Waals surface area contributed by atoms with Gasteiger partial charge in [-0.2, -0.15) is 5.26 Å². The number of rotatable bonds is 5. The lowest BCUT2D eigenvalue weighted by Crippen LogP contribution is -2.11. The molecule has 4 nitrogen and oxygen atoms in total. The summed E-state index contributed by atoms with van der Waals surface area (Å²) < 4.78 is 2.23. The molecule has 1 atom stereocenters. The van der Waals surface area contributed by atoms with Crippen molar-refractivity contribution in [2.24, 2.45) is 0 Å². The zero-order valence-corrected chi connectivity index (χ0v) is 13.4. The summed E-state index contributed by atoms with van der Waals surface area (Å²) in [5, 5.41) is 9.30. The molecule has 3 rings (SSSR count). The number of aromatic nitrogens is 3. The number of nitrogens with zero attached hydrogens (tertiary/aromatic N) is 4. The zero-order valence-electron chi connectivity index (χ0n) is 13.4. The van der Waals surface area contributed by atoms with E-state index in [0.29, 0.717) is 18.0 Å². The molecule has 0 amide bonds. The van der Waals surface area contributed by atoms with Crippen LogP contribution in [-0.4, -0.2) is 14.5 Å². The van der Waals surface area contributed by atoms with Gasteiger partial charge in [-0.25, -0.2) is 4.98 Å². The van der Waals surface area contributed by atoms with Crippen molar-refractivity contribution in [1.29, 1.82) is 5.26 Å². The van der Waals surface area contributed by atoms with Crippen LogP contribution in [0.3, 0.4) is 0 Å². The van der Waals surface area contributed by atoms with Crippen molar-refractivity contribution in [2.45, 2.75) is 50.5 Å². The van der Waals surface area contributed by atoms with Gasteiger partial charge in [-0.1, -0.05) is 31.9 Å². The minimum atomic E-state index is -0.0750. The van der Waals surface area contributed by atoms with Gasteiger partial charge in [0.1, 0.15) is 0 Å². The predicted octanol–water partition coefficient (Wildman–Crippen LogP) is 4.19. The smallest absolute Gasteiger partial charge is 0.0952 e. The predicted molar refractivity (Wildman–Crippen MR) is 89.8 cm³/mol. The Hall–Kier alpha value is -2.41. The molecule has 118 valence electrons. The molecule has 4 heteroatoms. The minimum Gasteiger partial charge on any atom is -0.334 e. The second kappa shape index (κ2) is 7.23. The summed E-state index contributed by atoms with van der Waals surface area (Å²) in [7, 11) is 0. The molecular formula is C19H22N4. The van der Waals surface area contributed by atoms with E-state index >= 15 is 0 Å². The average Bonchev–Trinajstić information content (AvgIpc) is 3.10. The quantitative estimate of drug-likeness (QED) is 0.778. The molecule has 1 aliphatic carbocycles. The van der Waals surface area contributed by atoms with E-state index in [2.05, 4.69) is 33.4 Å². The molecule has 1 saturated carbocycles. The van der Waals surface area contributed by atoms with E-state index in [1.54, 1.807) is 6.20 Å². The summed E-state index contributed by atoms with van der Waals surface area (Å²) in [6.45, 7) is 3.94. The fourth-order valence-corrected chi connectivity index (χ4v) is 3.35. The number of allylic oxidation sites excluding steroid dienone is 1. The number of hydrogen-bond acceptors (Lipinski definition) is 3. The summed E-state index contributed by atoms with van der Waals surface area (Å²) in [5.74, 6) is -0.0750. The Bertz CT molecular complexity index is 690. The Labute approximate surface area is 137 Å². The van der Waals surface area contributed by atoms with Crippen LogP contribution in [0.25, 0.3) is 0 Å². The molecular weight excluding hydrogens is 284 g/mol. The Morgan fingerprint density at radius 1 is 1.39 bits per heavy atom. The monoisotopic (exact) mass is 306 g/mol. The van der Waals surface area contributed by atoms with Crippen LogP contribution in [0.1, 0.15) is 55.3 Å². The third-order valence-electron chi connectivity index (χ3n) is 4.70. The van der Waals surface area contributed by atoms with Gasteiger partial charge in [-0.3, -0.25) is 4.98 Å². The van der Waals surface area contributed by atoms with Crippen LogP contribution < -0.4 is 0 Å². The van der Waals surface area contributed by atoms with Crippen LogP contribution in [0.2, 0.25) is 0 Å². The van der Waals surface area contributed by atoms with E-state index in [1.807, 2.05) is 24.7 Å². The first-order valence-corrected chi connectivity index (χ1v) is 8.29. The lowest BCUT2D eigenvalue weighted by Gasteiger charge is -2.22. The molecule has 2 aromatic rings. The highest BCUT2D eigenvalue weighted by atomic mass is 15.1. The highest BCUT2D eigenvalue weighted by molar-refractivity contribution is 5.33. The van der Waals surface area contributed by atoms with Crippen molar-refractivity contribution in [3.8, 4) is 6.07 Å². The minimum absolute atomic E-state index is 0.0750. The summed E-state index contributed by atoms with van der Waals surface area (Å²) in [4.78, 5) is 8.74. The molecule has 23 heavy (non-hydrogen) atoms. The van der Waals surface area contributed by atoms with Gasteiger partial charge < -0.3 is 4.57 Å². The molecule has 1 fully saturated rings. The normalized spacial score (nSPS) is 16.7. The van der Waals surface area contributed by atoms with E-state index in [1.165, 1.54) is 32.1 Å². The van der Waals surface area contributed by atoms with Crippen LogP contribution in [0, 0.1) is 11.3 Å². The van der Waals surface area contributed by atoms with Crippen LogP contribution >= 0.6 is 0 Å². The molecule has 0 aliphatic heterocycles. The summed E-state index contributed by atoms with van der Waals surface area (Å²) in [6.07, 6.45) is 14.7. The lowest BCUT2D eigenvalue weighted by atomic mass is 9.91. The van der Waals surface area contributed by atoms with Crippen molar-refractivity contribution < 1.29 is 0 Å². The maximum Gasteiger partial charge on any atom is 0.0952 e. The third-order valence-corrected chi connectivity index (χ3v) is 4.70. The Kier molecular flexibility index (Phi) is 4.87. The fraction of sp³-hybridized carbons (Fsp3) is 0.421. The van der Waals surface area contributed by atoms with Crippen molar-refractivity contribution in [2.75, 3.05) is 0 Å². The second-order valence-corrected chi connectivity index (χ2v) is 6.29. The van der Waals surface area contributed by atoms with Gasteiger partial charge in [0.05, 0.1) is 18.1 Å². The molecule has 0 spiro atoms. The highest BCUT2D eigenvalue weighted by Crippen LogP contribution is 2.31. The van der Waals surface area contributed by atoms with Gasteiger partial charge >= 0.3 is 0 Å². The summed E-state index contributed by atoms with van der Waals surface area (Å²) in [6, 6.07) is 6.71. The first kappa shape index (κ1) is 15.5. The SMILES string of the molecule is C=C(C#N)[C@H](Cc1cccnc1)c1cn(C2CCCCC2)cn1. The first-order valence-electron chi connectivity index (χ1n) is 8.29. The topological polar surface area (TPSA) is 54.5 Å².